The van der Waals surface area contributed by atoms with Crippen LogP contribution in [0, 0.1) is 5.82 Å². The average molecular weight is 308 g/mol. The topological polar surface area (TPSA) is 53.4 Å². The number of halogens is 1. The number of nitrogens with zero attached hydrogens (tertiary/aromatic N) is 2. The molecule has 0 spiro atoms. The Morgan fingerprint density at radius 1 is 1.43 bits per heavy atom. The fraction of sp³-hybridized carbons (Fsp3) is 0.333. The molecule has 1 heterocycles. The molecule has 0 radical (unpaired) electrons. The van der Waals surface area contributed by atoms with Gasteiger partial charge < -0.3 is 10.0 Å². The molecule has 2 aromatic rings. The van der Waals surface area contributed by atoms with E-state index in [1.807, 2.05) is 0 Å². The largest absolute Gasteiger partial charge is 0.389 e. The van der Waals surface area contributed by atoms with Crippen LogP contribution in [0.1, 0.15) is 24.3 Å². The molecule has 0 aliphatic rings. The van der Waals surface area contributed by atoms with Crippen molar-refractivity contribution in [2.24, 2.45) is 0 Å². The molecule has 0 aliphatic heterocycles. The lowest BCUT2D eigenvalue weighted by atomic mass is 10.1. The number of amides is 1. The molecule has 0 fully saturated rings. The highest BCUT2D eigenvalue weighted by molar-refractivity contribution is 7.13. The third kappa shape index (κ3) is 3.86. The van der Waals surface area contributed by atoms with Crippen LogP contribution in [0.3, 0.4) is 0 Å². The van der Waals surface area contributed by atoms with Gasteiger partial charge in [0, 0.05) is 24.5 Å². The molecule has 1 N–H and O–H groups in total. The number of thiazole rings is 1. The molecule has 1 aromatic heterocycles. The molecule has 4 nitrogen and oxygen atoms in total. The van der Waals surface area contributed by atoms with Crippen LogP contribution in [0.15, 0.2) is 29.6 Å². The smallest absolute Gasteiger partial charge is 0.273 e. The van der Waals surface area contributed by atoms with Gasteiger partial charge in [0.2, 0.25) is 0 Å². The number of carbonyl (C=O) groups is 1. The maximum atomic E-state index is 13.7. The maximum Gasteiger partial charge on any atom is 0.273 e. The monoisotopic (exact) mass is 308 g/mol. The first-order valence-electron chi connectivity index (χ1n) is 6.46. The first-order valence-corrected chi connectivity index (χ1v) is 7.34. The van der Waals surface area contributed by atoms with Crippen LogP contribution in [-0.4, -0.2) is 40.1 Å². The van der Waals surface area contributed by atoms with E-state index in [0.29, 0.717) is 10.6 Å². The van der Waals surface area contributed by atoms with Gasteiger partial charge in [-0.05, 0) is 26.0 Å². The molecule has 1 aromatic carbocycles. The average Bonchev–Trinajstić information content (AvgIpc) is 2.85. The molecule has 0 atom stereocenters. The zero-order valence-electron chi connectivity index (χ0n) is 12.1. The molecule has 112 valence electrons. The van der Waals surface area contributed by atoms with E-state index in [2.05, 4.69) is 4.98 Å². The highest BCUT2D eigenvalue weighted by Crippen LogP contribution is 2.26. The van der Waals surface area contributed by atoms with Crippen molar-refractivity contribution in [2.75, 3.05) is 13.6 Å². The SMILES string of the molecule is CN(CC(C)(C)O)C(=O)c1csc(-c2ccccc2F)n1. The highest BCUT2D eigenvalue weighted by Gasteiger charge is 2.22. The maximum absolute atomic E-state index is 13.7. The van der Waals surface area contributed by atoms with Gasteiger partial charge in [-0.15, -0.1) is 11.3 Å². The lowest BCUT2D eigenvalue weighted by Crippen LogP contribution is -2.39. The van der Waals surface area contributed by atoms with E-state index in [-0.39, 0.29) is 24.0 Å². The molecule has 2 rings (SSSR count). The minimum atomic E-state index is -0.977. The fourth-order valence-electron chi connectivity index (χ4n) is 1.98. The van der Waals surface area contributed by atoms with Crippen molar-refractivity contribution >= 4 is 17.2 Å². The van der Waals surface area contributed by atoms with Crippen LogP contribution in [-0.2, 0) is 0 Å². The minimum absolute atomic E-state index is 0.193. The predicted molar refractivity (Wildman–Crippen MR) is 80.8 cm³/mol. The molecule has 0 unspecified atom stereocenters. The van der Waals surface area contributed by atoms with E-state index in [4.69, 9.17) is 0 Å². The number of rotatable bonds is 4. The molecule has 0 aliphatic carbocycles. The Balaban J connectivity index is 2.20. The summed E-state index contributed by atoms with van der Waals surface area (Å²) in [5.41, 5.74) is -0.342. The van der Waals surface area contributed by atoms with E-state index < -0.39 is 5.60 Å². The summed E-state index contributed by atoms with van der Waals surface area (Å²) < 4.78 is 13.7. The van der Waals surface area contributed by atoms with Gasteiger partial charge in [-0.3, -0.25) is 4.79 Å². The van der Waals surface area contributed by atoms with Crippen LogP contribution in [0.2, 0.25) is 0 Å². The summed E-state index contributed by atoms with van der Waals surface area (Å²) in [6, 6.07) is 6.32. The highest BCUT2D eigenvalue weighted by atomic mass is 32.1. The summed E-state index contributed by atoms with van der Waals surface area (Å²) in [5.74, 6) is -0.661. The van der Waals surface area contributed by atoms with Gasteiger partial charge >= 0.3 is 0 Å². The van der Waals surface area contributed by atoms with Crippen molar-refractivity contribution in [1.29, 1.82) is 0 Å². The first-order chi connectivity index (χ1) is 9.78. The Morgan fingerprint density at radius 2 is 2.10 bits per heavy atom. The Labute approximate surface area is 126 Å². The van der Waals surface area contributed by atoms with Crippen LogP contribution in [0.4, 0.5) is 4.39 Å². The second-order valence-corrected chi connectivity index (χ2v) is 6.35. The zero-order chi connectivity index (χ0) is 15.6. The van der Waals surface area contributed by atoms with Gasteiger partial charge in [0.1, 0.15) is 16.5 Å². The van der Waals surface area contributed by atoms with Crippen molar-refractivity contribution < 1.29 is 14.3 Å². The van der Waals surface area contributed by atoms with E-state index in [1.165, 1.54) is 22.3 Å². The normalized spacial score (nSPS) is 11.5. The molecular weight excluding hydrogens is 291 g/mol. The molecule has 0 saturated carbocycles. The third-order valence-electron chi connectivity index (χ3n) is 2.80. The zero-order valence-corrected chi connectivity index (χ0v) is 12.9. The first kappa shape index (κ1) is 15.6. The van der Waals surface area contributed by atoms with E-state index >= 15 is 0 Å². The summed E-state index contributed by atoms with van der Waals surface area (Å²) in [4.78, 5) is 17.8. The van der Waals surface area contributed by atoms with Gasteiger partial charge in [0.25, 0.3) is 5.91 Å². The quantitative estimate of drug-likeness (QED) is 0.945. The second-order valence-electron chi connectivity index (χ2n) is 5.49. The van der Waals surface area contributed by atoms with Crippen LogP contribution in [0.25, 0.3) is 10.6 Å². The Kier molecular flexibility index (Phi) is 4.39. The van der Waals surface area contributed by atoms with Crippen molar-refractivity contribution in [3.8, 4) is 10.6 Å². The van der Waals surface area contributed by atoms with E-state index in [9.17, 15) is 14.3 Å². The second kappa shape index (κ2) is 5.91. The number of likely N-dealkylation sites (N-methyl/N-ethyl adjacent to an activating group) is 1. The third-order valence-corrected chi connectivity index (χ3v) is 3.67. The van der Waals surface area contributed by atoms with Crippen LogP contribution < -0.4 is 0 Å². The van der Waals surface area contributed by atoms with Crippen molar-refractivity contribution in [3.63, 3.8) is 0 Å². The van der Waals surface area contributed by atoms with E-state index in [0.717, 1.165) is 0 Å². The van der Waals surface area contributed by atoms with Gasteiger partial charge in [-0.25, -0.2) is 9.37 Å². The van der Waals surface area contributed by atoms with Gasteiger partial charge in [-0.1, -0.05) is 12.1 Å². The minimum Gasteiger partial charge on any atom is -0.389 e. The lowest BCUT2D eigenvalue weighted by molar-refractivity contribution is 0.0365. The molecule has 21 heavy (non-hydrogen) atoms. The Bertz CT molecular complexity index is 649. The lowest BCUT2D eigenvalue weighted by Gasteiger charge is -2.24. The summed E-state index contributed by atoms with van der Waals surface area (Å²) in [6.45, 7) is 3.45. The van der Waals surface area contributed by atoms with Gasteiger partial charge in [0.15, 0.2) is 0 Å². The summed E-state index contributed by atoms with van der Waals surface area (Å²) in [5, 5.41) is 11.8. The summed E-state index contributed by atoms with van der Waals surface area (Å²) in [7, 11) is 1.60. The Morgan fingerprint density at radius 3 is 2.71 bits per heavy atom. The standard InChI is InChI=1S/C15H17FN2O2S/c1-15(2,20)9-18(3)14(19)12-8-21-13(17-12)10-6-4-5-7-11(10)16/h4-8,20H,9H2,1-3H3. The van der Waals surface area contributed by atoms with Gasteiger partial charge in [-0.2, -0.15) is 0 Å². The number of hydrogen-bond donors (Lipinski definition) is 1. The number of aliphatic hydroxyl groups is 1. The van der Waals surface area contributed by atoms with Crippen molar-refractivity contribution in [3.05, 3.63) is 41.2 Å². The molecule has 1 amide bonds. The summed E-state index contributed by atoms with van der Waals surface area (Å²) in [6.07, 6.45) is 0. The fourth-order valence-corrected chi connectivity index (χ4v) is 2.80. The predicted octanol–water partition coefficient (Wildman–Crippen LogP) is 2.79. The number of aromatic nitrogens is 1. The van der Waals surface area contributed by atoms with Gasteiger partial charge in [0.05, 0.1) is 5.60 Å². The van der Waals surface area contributed by atoms with Crippen LogP contribution >= 0.6 is 11.3 Å². The molecule has 0 bridgehead atoms. The Hall–Kier alpha value is -1.79. The number of carbonyl (C=O) groups excluding carboxylic acids is 1. The molecule has 0 saturated heterocycles. The summed E-state index contributed by atoms with van der Waals surface area (Å²) >= 11 is 1.22. The molecular formula is C15H17FN2O2S. The van der Waals surface area contributed by atoms with Crippen molar-refractivity contribution in [1.82, 2.24) is 9.88 Å². The van der Waals surface area contributed by atoms with E-state index in [1.54, 1.807) is 44.5 Å². The molecule has 6 heteroatoms. The number of benzene rings is 1. The number of hydrogen-bond acceptors (Lipinski definition) is 4. The van der Waals surface area contributed by atoms with Crippen LogP contribution in [0.5, 0.6) is 0 Å². The van der Waals surface area contributed by atoms with Crippen molar-refractivity contribution in [2.45, 2.75) is 19.4 Å².